The van der Waals surface area contributed by atoms with E-state index in [1.807, 2.05) is 0 Å². The molecule has 5 rings (SSSR count). The predicted octanol–water partition coefficient (Wildman–Crippen LogP) is 0.761. The van der Waals surface area contributed by atoms with E-state index in [0.29, 0.717) is 11.3 Å². The van der Waals surface area contributed by atoms with Crippen LogP contribution in [0.2, 0.25) is 0 Å². The van der Waals surface area contributed by atoms with E-state index in [2.05, 4.69) is 10.6 Å². The Kier molecular flexibility index (Phi) is 4.38. The molecule has 0 aromatic heterocycles. The molecule has 1 spiro atoms. The summed E-state index contributed by atoms with van der Waals surface area (Å²) in [5, 5.41) is 5.63. The second-order valence-electron chi connectivity index (χ2n) is 8.27. The number of amides is 4. The Morgan fingerprint density at radius 3 is 2.41 bits per heavy atom. The van der Waals surface area contributed by atoms with Crippen molar-refractivity contribution in [3.63, 3.8) is 0 Å². The molecule has 2 aromatic carbocycles. The van der Waals surface area contributed by atoms with Gasteiger partial charge in [0.1, 0.15) is 17.2 Å². The van der Waals surface area contributed by atoms with E-state index in [1.54, 1.807) is 0 Å². The average Bonchev–Trinajstić information content (AvgIpc) is 3.30. The molecular weight excluding hydrogens is 422 g/mol. The van der Waals surface area contributed by atoms with Crippen molar-refractivity contribution in [2.24, 2.45) is 17.6 Å². The lowest BCUT2D eigenvalue weighted by molar-refractivity contribution is -0.143. The number of carbonyl (C=O) groups is 4. The number of benzene rings is 2. The third kappa shape index (κ3) is 2.76. The van der Waals surface area contributed by atoms with E-state index in [9.17, 15) is 28.0 Å². The molecule has 32 heavy (non-hydrogen) atoms. The maximum atomic E-state index is 14.1. The first kappa shape index (κ1) is 20.3. The number of carbonyl (C=O) groups excluding carboxylic acids is 4. The van der Waals surface area contributed by atoms with Crippen LogP contribution < -0.4 is 16.4 Å². The van der Waals surface area contributed by atoms with Gasteiger partial charge in [-0.3, -0.25) is 29.4 Å². The first-order chi connectivity index (χ1) is 15.2. The lowest BCUT2D eigenvalue weighted by Gasteiger charge is -2.29. The first-order valence-corrected chi connectivity index (χ1v) is 9.99. The van der Waals surface area contributed by atoms with E-state index in [4.69, 9.17) is 5.73 Å². The van der Waals surface area contributed by atoms with E-state index in [-0.39, 0.29) is 18.5 Å². The largest absolute Gasteiger partial charge is 0.370 e. The number of halogens is 2. The van der Waals surface area contributed by atoms with Crippen LogP contribution in [0, 0.1) is 23.5 Å². The minimum Gasteiger partial charge on any atom is -0.370 e. The van der Waals surface area contributed by atoms with E-state index < -0.39 is 58.7 Å². The Balaban J connectivity index is 1.60. The van der Waals surface area contributed by atoms with Crippen LogP contribution in [0.3, 0.4) is 0 Å². The van der Waals surface area contributed by atoms with Crippen molar-refractivity contribution in [1.29, 1.82) is 0 Å². The fourth-order valence-electron chi connectivity index (χ4n) is 5.15. The summed E-state index contributed by atoms with van der Waals surface area (Å²) < 4.78 is 27.4. The Morgan fingerprint density at radius 2 is 1.72 bits per heavy atom. The fourth-order valence-corrected chi connectivity index (χ4v) is 5.15. The molecular formula is C22H18F2N4O4. The minimum absolute atomic E-state index is 0.123. The van der Waals surface area contributed by atoms with Gasteiger partial charge >= 0.3 is 0 Å². The number of imide groups is 1. The van der Waals surface area contributed by atoms with Crippen molar-refractivity contribution in [3.8, 4) is 0 Å². The summed E-state index contributed by atoms with van der Waals surface area (Å²) in [6.07, 6.45) is -0.287. The fraction of sp³-hybridized carbons (Fsp3) is 0.273. The second-order valence-corrected chi connectivity index (χ2v) is 8.27. The van der Waals surface area contributed by atoms with Crippen LogP contribution in [0.5, 0.6) is 0 Å². The molecule has 0 aliphatic carbocycles. The van der Waals surface area contributed by atoms with Crippen LogP contribution in [-0.4, -0.2) is 34.6 Å². The summed E-state index contributed by atoms with van der Waals surface area (Å²) in [6.45, 7) is -0.123. The average molecular weight is 440 g/mol. The highest BCUT2D eigenvalue weighted by atomic mass is 19.1. The van der Waals surface area contributed by atoms with Gasteiger partial charge in [-0.15, -0.1) is 0 Å². The molecule has 3 aliphatic heterocycles. The minimum atomic E-state index is -1.72. The summed E-state index contributed by atoms with van der Waals surface area (Å²) >= 11 is 0. The lowest BCUT2D eigenvalue weighted by Crippen LogP contribution is -2.53. The summed E-state index contributed by atoms with van der Waals surface area (Å²) in [4.78, 5) is 52.7. The Labute approximate surface area is 180 Å². The zero-order valence-electron chi connectivity index (χ0n) is 16.6. The molecule has 164 valence electrons. The van der Waals surface area contributed by atoms with Crippen molar-refractivity contribution in [1.82, 2.24) is 10.2 Å². The number of fused-ring (bicyclic) bond motifs is 4. The van der Waals surface area contributed by atoms with E-state index in [0.717, 1.165) is 11.0 Å². The van der Waals surface area contributed by atoms with Crippen LogP contribution in [0.1, 0.15) is 17.5 Å². The van der Waals surface area contributed by atoms with Gasteiger partial charge in [0.2, 0.25) is 23.6 Å². The van der Waals surface area contributed by atoms with Gasteiger partial charge in [0.05, 0.1) is 18.4 Å². The normalized spacial score (nSPS) is 28.2. The zero-order chi connectivity index (χ0) is 22.8. The highest BCUT2D eigenvalue weighted by Crippen LogP contribution is 2.53. The highest BCUT2D eigenvalue weighted by Gasteiger charge is 2.70. The van der Waals surface area contributed by atoms with Crippen LogP contribution in [0.15, 0.2) is 42.5 Å². The molecule has 2 aromatic rings. The number of primary amides is 1. The molecule has 10 heteroatoms. The quantitative estimate of drug-likeness (QED) is 0.606. The third-order valence-electron chi connectivity index (χ3n) is 6.44. The number of nitrogens with zero attached hydrogens (tertiary/aromatic N) is 1. The van der Waals surface area contributed by atoms with Crippen molar-refractivity contribution in [2.75, 3.05) is 5.32 Å². The van der Waals surface area contributed by atoms with Gasteiger partial charge in [-0.2, -0.15) is 0 Å². The number of rotatable bonds is 4. The molecule has 3 aliphatic rings. The predicted molar refractivity (Wildman–Crippen MR) is 106 cm³/mol. The van der Waals surface area contributed by atoms with Gasteiger partial charge in [0, 0.05) is 23.7 Å². The van der Waals surface area contributed by atoms with Gasteiger partial charge < -0.3 is 11.1 Å². The number of anilines is 1. The SMILES string of the molecule is NC(=O)C[C@H]1N[C@]2(C(=O)Nc3ccc(F)cc32)[C@@H]2C(=O)N(Cc3ccc(F)cc3)C(=O)[C@@H]21. The molecule has 4 atom stereocenters. The van der Waals surface area contributed by atoms with E-state index in [1.165, 1.54) is 36.4 Å². The number of nitrogens with two attached hydrogens (primary N) is 1. The van der Waals surface area contributed by atoms with Gasteiger partial charge in [0.25, 0.3) is 0 Å². The summed E-state index contributed by atoms with van der Waals surface area (Å²) in [5.41, 5.74) is 4.69. The number of likely N-dealkylation sites (tertiary alicyclic amines) is 1. The van der Waals surface area contributed by atoms with Gasteiger partial charge in [-0.05, 0) is 35.9 Å². The molecule has 0 saturated carbocycles. The van der Waals surface area contributed by atoms with Crippen molar-refractivity contribution in [2.45, 2.75) is 24.5 Å². The second kappa shape index (κ2) is 6.92. The molecule has 2 fully saturated rings. The Morgan fingerprint density at radius 1 is 1.03 bits per heavy atom. The molecule has 3 heterocycles. The first-order valence-electron chi connectivity index (χ1n) is 9.99. The maximum absolute atomic E-state index is 14.1. The van der Waals surface area contributed by atoms with Crippen LogP contribution in [0.25, 0.3) is 0 Å². The summed E-state index contributed by atoms with van der Waals surface area (Å²) in [5.74, 6) is -5.84. The van der Waals surface area contributed by atoms with Gasteiger partial charge in [-0.25, -0.2) is 8.78 Å². The monoisotopic (exact) mass is 440 g/mol. The summed E-state index contributed by atoms with van der Waals surface area (Å²) in [7, 11) is 0. The lowest BCUT2D eigenvalue weighted by atomic mass is 9.76. The Bertz CT molecular complexity index is 1180. The van der Waals surface area contributed by atoms with Crippen LogP contribution >= 0.6 is 0 Å². The molecule has 4 amide bonds. The van der Waals surface area contributed by atoms with E-state index >= 15 is 0 Å². The number of hydrogen-bond acceptors (Lipinski definition) is 5. The molecule has 0 radical (unpaired) electrons. The third-order valence-corrected chi connectivity index (χ3v) is 6.44. The zero-order valence-corrected chi connectivity index (χ0v) is 16.6. The molecule has 0 unspecified atom stereocenters. The van der Waals surface area contributed by atoms with Crippen LogP contribution in [0.4, 0.5) is 14.5 Å². The molecule has 4 N–H and O–H groups in total. The number of hydrogen-bond donors (Lipinski definition) is 3. The molecule has 0 bridgehead atoms. The summed E-state index contributed by atoms with van der Waals surface area (Å²) in [6, 6.07) is 8.13. The van der Waals surface area contributed by atoms with Gasteiger partial charge in [-0.1, -0.05) is 12.1 Å². The number of nitrogens with one attached hydrogen (secondary N) is 2. The Hall–Kier alpha value is -3.66. The highest BCUT2D eigenvalue weighted by molar-refractivity contribution is 6.15. The van der Waals surface area contributed by atoms with Gasteiger partial charge in [0.15, 0.2) is 0 Å². The molecule has 2 saturated heterocycles. The van der Waals surface area contributed by atoms with Crippen LogP contribution in [-0.2, 0) is 31.3 Å². The van der Waals surface area contributed by atoms with Crippen molar-refractivity contribution >= 4 is 29.3 Å². The standard InChI is InChI=1S/C22H18F2N4O4/c23-11-3-1-10(2-4-11)9-28-19(30)17-15(8-16(25)29)27-22(18(17)20(28)31)13-7-12(24)5-6-14(13)26-21(22)32/h1-7,15,17-18,27H,8-9H2,(H2,25,29)(H,26,32)/t15-,17-,18+,22+/m1/s1. The topological polar surface area (TPSA) is 122 Å². The van der Waals surface area contributed by atoms with Crippen molar-refractivity contribution in [3.05, 3.63) is 65.2 Å². The maximum Gasteiger partial charge on any atom is 0.250 e. The van der Waals surface area contributed by atoms with Crippen molar-refractivity contribution < 1.29 is 28.0 Å². The smallest absolute Gasteiger partial charge is 0.250 e. The molecule has 8 nitrogen and oxygen atoms in total.